The highest BCUT2D eigenvalue weighted by molar-refractivity contribution is 6.05. The molecule has 1 atom stereocenters. The van der Waals surface area contributed by atoms with E-state index in [-0.39, 0.29) is 17.9 Å². The van der Waals surface area contributed by atoms with Gasteiger partial charge >= 0.3 is 5.97 Å². The molecular weight excluding hydrogens is 339 g/mol. The van der Waals surface area contributed by atoms with E-state index in [1.165, 1.54) is 23.1 Å². The number of esters is 1. The Labute approximate surface area is 149 Å². The summed E-state index contributed by atoms with van der Waals surface area (Å²) in [5.74, 6) is -2.02. The predicted molar refractivity (Wildman–Crippen MR) is 93.3 cm³/mol. The zero-order valence-electron chi connectivity index (χ0n) is 14.1. The van der Waals surface area contributed by atoms with Gasteiger partial charge in [-0.05, 0) is 37.3 Å². The molecule has 2 aromatic rings. The first-order chi connectivity index (χ1) is 12.5. The second kappa shape index (κ2) is 7.35. The second-order valence-corrected chi connectivity index (χ2v) is 5.97. The number of halogens is 1. The van der Waals surface area contributed by atoms with Crippen molar-refractivity contribution in [3.05, 3.63) is 59.9 Å². The molecule has 1 aliphatic heterocycles. The largest absolute Gasteiger partial charge is 0.452 e. The summed E-state index contributed by atoms with van der Waals surface area (Å²) >= 11 is 0. The average Bonchev–Trinajstić information content (AvgIpc) is 2.73. The van der Waals surface area contributed by atoms with Crippen LogP contribution in [0.2, 0.25) is 0 Å². The number of fused-ring (bicyclic) bond motifs is 1. The van der Waals surface area contributed by atoms with E-state index in [1.807, 2.05) is 0 Å². The van der Waals surface area contributed by atoms with Crippen LogP contribution < -0.4 is 10.2 Å². The molecule has 3 rings (SSSR count). The molecule has 0 bridgehead atoms. The van der Waals surface area contributed by atoms with Crippen molar-refractivity contribution >= 4 is 29.2 Å². The van der Waals surface area contributed by atoms with Gasteiger partial charge in [0.2, 0.25) is 5.91 Å². The first-order valence-corrected chi connectivity index (χ1v) is 8.09. The van der Waals surface area contributed by atoms with E-state index < -0.39 is 30.3 Å². The number of nitrogens with zero attached hydrogens (tertiary/aromatic N) is 1. The Hall–Kier alpha value is -3.22. The first kappa shape index (κ1) is 17.6. The normalized spacial score (nSPS) is 16.3. The minimum Gasteiger partial charge on any atom is -0.452 e. The molecule has 7 heteroatoms. The molecule has 2 amide bonds. The van der Waals surface area contributed by atoms with Crippen molar-refractivity contribution < 1.29 is 23.5 Å². The molecule has 0 saturated carbocycles. The number of anilines is 2. The van der Waals surface area contributed by atoms with E-state index in [4.69, 9.17) is 4.74 Å². The highest BCUT2D eigenvalue weighted by Gasteiger charge is 2.30. The molecule has 0 fully saturated rings. The van der Waals surface area contributed by atoms with Crippen LogP contribution in [0.25, 0.3) is 0 Å². The van der Waals surface area contributed by atoms with E-state index in [0.29, 0.717) is 11.4 Å². The fourth-order valence-electron chi connectivity index (χ4n) is 2.86. The maximum absolute atomic E-state index is 13.2. The van der Waals surface area contributed by atoms with Crippen LogP contribution in [0.1, 0.15) is 23.7 Å². The zero-order valence-corrected chi connectivity index (χ0v) is 14.1. The van der Waals surface area contributed by atoms with E-state index >= 15 is 0 Å². The topological polar surface area (TPSA) is 75.7 Å². The molecule has 1 aliphatic rings. The van der Waals surface area contributed by atoms with Crippen molar-refractivity contribution in [2.24, 2.45) is 0 Å². The summed E-state index contributed by atoms with van der Waals surface area (Å²) in [5.41, 5.74) is 1.09. The van der Waals surface area contributed by atoms with Gasteiger partial charge in [0.05, 0.1) is 16.9 Å². The number of ether oxygens (including phenoxy) is 1. The number of carbonyl (C=O) groups is 3. The van der Waals surface area contributed by atoms with Crippen molar-refractivity contribution in [3.63, 3.8) is 0 Å². The Bertz CT molecular complexity index is 868. The molecule has 0 aliphatic carbocycles. The maximum Gasteiger partial charge on any atom is 0.338 e. The molecule has 6 nitrogen and oxygen atoms in total. The van der Waals surface area contributed by atoms with E-state index in [2.05, 4.69) is 5.32 Å². The summed E-state index contributed by atoms with van der Waals surface area (Å²) in [6.45, 7) is 1.23. The van der Waals surface area contributed by atoms with Gasteiger partial charge in [0.1, 0.15) is 5.82 Å². The summed E-state index contributed by atoms with van der Waals surface area (Å²) < 4.78 is 18.2. The lowest BCUT2D eigenvalue weighted by atomic mass is 10.1. The standard InChI is InChI=1S/C19H17FN2O4/c1-12-9-17(23)21-15-7-2-3-8-16(15)22(12)18(24)11-26-19(25)13-5-4-6-14(20)10-13/h2-8,10,12H,9,11H2,1H3,(H,21,23)/t12-/m1/s1. The average molecular weight is 356 g/mol. The third-order valence-corrected chi connectivity index (χ3v) is 4.02. The molecule has 0 saturated heterocycles. The fourth-order valence-corrected chi connectivity index (χ4v) is 2.86. The molecule has 26 heavy (non-hydrogen) atoms. The lowest BCUT2D eigenvalue weighted by Gasteiger charge is -2.27. The molecule has 0 unspecified atom stereocenters. The van der Waals surface area contributed by atoms with E-state index in [0.717, 1.165) is 6.07 Å². The zero-order chi connectivity index (χ0) is 18.7. The molecule has 134 valence electrons. The van der Waals surface area contributed by atoms with Crippen LogP contribution in [0, 0.1) is 5.82 Å². The summed E-state index contributed by atoms with van der Waals surface area (Å²) in [7, 11) is 0. The van der Waals surface area contributed by atoms with Gasteiger partial charge in [-0.15, -0.1) is 0 Å². The Balaban J connectivity index is 1.76. The first-order valence-electron chi connectivity index (χ1n) is 8.09. The molecule has 1 heterocycles. The summed E-state index contributed by atoms with van der Waals surface area (Å²) in [5, 5.41) is 2.75. The van der Waals surface area contributed by atoms with Gasteiger partial charge in [0.15, 0.2) is 6.61 Å². The Morgan fingerprint density at radius 3 is 2.77 bits per heavy atom. The Morgan fingerprint density at radius 1 is 1.23 bits per heavy atom. The van der Waals surface area contributed by atoms with Gasteiger partial charge in [-0.3, -0.25) is 9.59 Å². The van der Waals surface area contributed by atoms with Gasteiger partial charge in [-0.2, -0.15) is 0 Å². The van der Waals surface area contributed by atoms with Gasteiger partial charge in [-0.1, -0.05) is 18.2 Å². The number of benzene rings is 2. The minimum atomic E-state index is -0.789. The Morgan fingerprint density at radius 2 is 2.00 bits per heavy atom. The number of hydrogen-bond acceptors (Lipinski definition) is 4. The summed E-state index contributed by atoms with van der Waals surface area (Å²) in [6.07, 6.45) is 0.123. The van der Waals surface area contributed by atoms with Gasteiger partial charge in [-0.25, -0.2) is 9.18 Å². The highest BCUT2D eigenvalue weighted by atomic mass is 19.1. The van der Waals surface area contributed by atoms with Gasteiger partial charge < -0.3 is 15.0 Å². The molecular formula is C19H17FN2O4. The van der Waals surface area contributed by atoms with Crippen LogP contribution in [0.5, 0.6) is 0 Å². The molecule has 0 spiro atoms. The van der Waals surface area contributed by atoms with Crippen LogP contribution in [-0.4, -0.2) is 30.4 Å². The lowest BCUT2D eigenvalue weighted by molar-refractivity contribution is -0.122. The summed E-state index contributed by atoms with van der Waals surface area (Å²) in [6, 6.07) is 11.6. The van der Waals surface area contributed by atoms with Crippen molar-refractivity contribution in [3.8, 4) is 0 Å². The molecule has 0 aromatic heterocycles. The lowest BCUT2D eigenvalue weighted by Crippen LogP contribution is -2.41. The molecule has 2 aromatic carbocycles. The predicted octanol–water partition coefficient (Wildman–Crippen LogP) is 2.75. The maximum atomic E-state index is 13.2. The number of amides is 2. The second-order valence-electron chi connectivity index (χ2n) is 5.97. The van der Waals surface area contributed by atoms with Crippen molar-refractivity contribution in [1.82, 2.24) is 0 Å². The van der Waals surface area contributed by atoms with E-state index in [1.54, 1.807) is 31.2 Å². The smallest absolute Gasteiger partial charge is 0.338 e. The van der Waals surface area contributed by atoms with Crippen LogP contribution >= 0.6 is 0 Å². The van der Waals surface area contributed by atoms with Gasteiger partial charge in [0, 0.05) is 12.5 Å². The molecule has 0 radical (unpaired) electrons. The fraction of sp³-hybridized carbons (Fsp3) is 0.211. The number of rotatable bonds is 3. The highest BCUT2D eigenvalue weighted by Crippen LogP contribution is 2.31. The summed E-state index contributed by atoms with van der Waals surface area (Å²) in [4.78, 5) is 38.0. The van der Waals surface area contributed by atoms with E-state index in [9.17, 15) is 18.8 Å². The third-order valence-electron chi connectivity index (χ3n) is 4.02. The van der Waals surface area contributed by atoms with Crippen molar-refractivity contribution in [2.45, 2.75) is 19.4 Å². The Kier molecular flexibility index (Phi) is 4.97. The minimum absolute atomic E-state index is 0.0268. The number of hydrogen-bond donors (Lipinski definition) is 1. The number of nitrogens with one attached hydrogen (secondary N) is 1. The monoisotopic (exact) mass is 356 g/mol. The SMILES string of the molecule is C[C@@H]1CC(=O)Nc2ccccc2N1C(=O)COC(=O)c1cccc(F)c1. The quantitative estimate of drug-likeness (QED) is 0.858. The van der Waals surface area contributed by atoms with Gasteiger partial charge in [0.25, 0.3) is 5.91 Å². The van der Waals surface area contributed by atoms with Crippen LogP contribution in [-0.2, 0) is 14.3 Å². The number of carbonyl (C=O) groups excluding carboxylic acids is 3. The van der Waals surface area contributed by atoms with Crippen LogP contribution in [0.3, 0.4) is 0 Å². The van der Waals surface area contributed by atoms with Crippen molar-refractivity contribution in [2.75, 3.05) is 16.8 Å². The third kappa shape index (κ3) is 3.72. The molecule has 1 N–H and O–H groups in total. The van der Waals surface area contributed by atoms with Crippen LogP contribution in [0.15, 0.2) is 48.5 Å². The number of para-hydroxylation sites is 2. The van der Waals surface area contributed by atoms with Crippen molar-refractivity contribution in [1.29, 1.82) is 0 Å². The van der Waals surface area contributed by atoms with Crippen LogP contribution in [0.4, 0.5) is 15.8 Å².